The molecule has 0 bridgehead atoms. The maximum Gasteiger partial charge on any atom is 0.263 e. The monoisotopic (exact) mass is 294 g/mol. The third-order valence-corrected chi connectivity index (χ3v) is 5.29. The molecular formula is C14H22N4OS. The molecule has 0 aromatic carbocycles. The smallest absolute Gasteiger partial charge is 0.263 e. The van der Waals surface area contributed by atoms with Crippen LogP contribution in [0.3, 0.4) is 0 Å². The third kappa shape index (κ3) is 2.50. The van der Waals surface area contributed by atoms with E-state index in [4.69, 9.17) is 5.73 Å². The minimum Gasteiger partial charge on any atom is -0.397 e. The number of hydrogen-bond donors (Lipinski definition) is 3. The Morgan fingerprint density at radius 1 is 1.40 bits per heavy atom. The fraction of sp³-hybridized carbons (Fsp3) is 0.643. The summed E-state index contributed by atoms with van der Waals surface area (Å²) >= 11 is 1.56. The zero-order valence-corrected chi connectivity index (χ0v) is 12.7. The largest absolute Gasteiger partial charge is 0.397 e. The lowest BCUT2D eigenvalue weighted by Gasteiger charge is -2.22. The molecule has 1 saturated heterocycles. The summed E-state index contributed by atoms with van der Waals surface area (Å²) in [4.78, 5) is 15.1. The van der Waals surface area contributed by atoms with Crippen LogP contribution in [0, 0.1) is 0 Å². The van der Waals surface area contributed by atoms with E-state index in [1.54, 1.807) is 18.4 Å². The fourth-order valence-corrected chi connectivity index (χ4v) is 4.08. The van der Waals surface area contributed by atoms with Gasteiger partial charge in [0.2, 0.25) is 0 Å². The second-order valence-corrected chi connectivity index (χ2v) is 6.51. The SMILES string of the molecule is CNC(=O)c1sc(N2CCCNCC2)c(C2CC2)c1N. The molecule has 2 heterocycles. The Kier molecular flexibility index (Phi) is 3.85. The minimum absolute atomic E-state index is 0.0615. The molecule has 1 saturated carbocycles. The van der Waals surface area contributed by atoms with Crippen LogP contribution < -0.4 is 21.3 Å². The van der Waals surface area contributed by atoms with Crippen molar-refractivity contribution in [2.75, 3.05) is 43.9 Å². The molecule has 110 valence electrons. The normalized spacial score (nSPS) is 19.8. The molecule has 5 nitrogen and oxygen atoms in total. The first-order chi connectivity index (χ1) is 9.72. The number of anilines is 2. The van der Waals surface area contributed by atoms with Crippen LogP contribution in [-0.2, 0) is 0 Å². The average molecular weight is 294 g/mol. The number of nitrogens with two attached hydrogens (primary N) is 1. The van der Waals surface area contributed by atoms with Gasteiger partial charge < -0.3 is 21.3 Å². The van der Waals surface area contributed by atoms with E-state index in [1.165, 1.54) is 23.4 Å². The molecule has 3 rings (SSSR count). The van der Waals surface area contributed by atoms with E-state index in [1.807, 2.05) is 0 Å². The number of hydrogen-bond acceptors (Lipinski definition) is 5. The van der Waals surface area contributed by atoms with Gasteiger partial charge in [-0.05, 0) is 31.7 Å². The van der Waals surface area contributed by atoms with Gasteiger partial charge in [0.1, 0.15) is 4.88 Å². The van der Waals surface area contributed by atoms with E-state index in [0.717, 1.165) is 32.6 Å². The van der Waals surface area contributed by atoms with E-state index >= 15 is 0 Å². The molecule has 1 aliphatic carbocycles. The van der Waals surface area contributed by atoms with Crippen molar-refractivity contribution in [3.8, 4) is 0 Å². The van der Waals surface area contributed by atoms with Crippen LogP contribution in [0.4, 0.5) is 10.7 Å². The van der Waals surface area contributed by atoms with Gasteiger partial charge >= 0.3 is 0 Å². The van der Waals surface area contributed by atoms with Crippen LogP contribution in [0.15, 0.2) is 0 Å². The summed E-state index contributed by atoms with van der Waals surface area (Å²) in [6.45, 7) is 4.10. The van der Waals surface area contributed by atoms with Crippen molar-refractivity contribution in [2.45, 2.75) is 25.2 Å². The zero-order chi connectivity index (χ0) is 14.1. The second kappa shape index (κ2) is 5.61. The Labute approximate surface area is 123 Å². The summed E-state index contributed by atoms with van der Waals surface area (Å²) in [5.41, 5.74) is 8.22. The topological polar surface area (TPSA) is 70.4 Å². The lowest BCUT2D eigenvalue weighted by molar-refractivity contribution is 0.0968. The molecule has 4 N–H and O–H groups in total. The van der Waals surface area contributed by atoms with Gasteiger partial charge in [0.25, 0.3) is 5.91 Å². The molecule has 1 aliphatic heterocycles. The zero-order valence-electron chi connectivity index (χ0n) is 11.9. The Bertz CT molecular complexity index is 502. The van der Waals surface area contributed by atoms with Crippen LogP contribution in [0.5, 0.6) is 0 Å². The summed E-state index contributed by atoms with van der Waals surface area (Å²) in [6.07, 6.45) is 3.54. The minimum atomic E-state index is -0.0615. The van der Waals surface area contributed by atoms with Crippen molar-refractivity contribution >= 4 is 27.9 Å². The Morgan fingerprint density at radius 3 is 2.90 bits per heavy atom. The van der Waals surface area contributed by atoms with E-state index < -0.39 is 0 Å². The summed E-state index contributed by atoms with van der Waals surface area (Å²) in [5.74, 6) is 0.504. The molecular weight excluding hydrogens is 272 g/mol. The average Bonchev–Trinajstić information content (AvgIpc) is 3.26. The number of thiophene rings is 1. The third-order valence-electron chi connectivity index (χ3n) is 4.01. The number of nitrogens with zero attached hydrogens (tertiary/aromatic N) is 1. The number of nitrogens with one attached hydrogen (secondary N) is 2. The van der Waals surface area contributed by atoms with E-state index in [9.17, 15) is 4.79 Å². The van der Waals surface area contributed by atoms with Gasteiger partial charge in [-0.1, -0.05) is 0 Å². The van der Waals surface area contributed by atoms with Gasteiger partial charge in [0.05, 0.1) is 10.7 Å². The van der Waals surface area contributed by atoms with Crippen molar-refractivity contribution in [3.05, 3.63) is 10.4 Å². The van der Waals surface area contributed by atoms with Crippen LogP contribution in [0.1, 0.15) is 40.4 Å². The van der Waals surface area contributed by atoms with Crippen LogP contribution >= 0.6 is 11.3 Å². The van der Waals surface area contributed by atoms with Gasteiger partial charge in [-0.15, -0.1) is 11.3 Å². The molecule has 20 heavy (non-hydrogen) atoms. The predicted molar refractivity (Wildman–Crippen MR) is 83.8 cm³/mol. The maximum absolute atomic E-state index is 12.0. The molecule has 0 radical (unpaired) electrons. The highest BCUT2D eigenvalue weighted by Gasteiger charge is 2.34. The Hall–Kier alpha value is -1.27. The van der Waals surface area contributed by atoms with E-state index in [0.29, 0.717) is 16.5 Å². The quantitative estimate of drug-likeness (QED) is 0.787. The van der Waals surface area contributed by atoms with Gasteiger partial charge in [0.15, 0.2) is 0 Å². The molecule has 1 aromatic rings. The Morgan fingerprint density at radius 2 is 2.20 bits per heavy atom. The highest BCUT2D eigenvalue weighted by molar-refractivity contribution is 7.18. The molecule has 0 spiro atoms. The standard InChI is InChI=1S/C14H22N4OS/c1-16-13(19)12-11(15)10(9-3-4-9)14(20-12)18-7-2-5-17-6-8-18/h9,17H,2-8,15H2,1H3,(H,16,19). The van der Waals surface area contributed by atoms with Gasteiger partial charge in [-0.2, -0.15) is 0 Å². The van der Waals surface area contributed by atoms with E-state index in [2.05, 4.69) is 15.5 Å². The maximum atomic E-state index is 12.0. The molecule has 6 heteroatoms. The van der Waals surface area contributed by atoms with Crippen LogP contribution in [0.25, 0.3) is 0 Å². The molecule has 1 aromatic heterocycles. The number of amides is 1. The molecule has 2 aliphatic rings. The first kappa shape index (κ1) is 13.7. The summed E-state index contributed by atoms with van der Waals surface area (Å²) in [6, 6.07) is 0. The fourth-order valence-electron chi connectivity index (χ4n) is 2.78. The van der Waals surface area contributed by atoms with Gasteiger partial charge in [-0.25, -0.2) is 0 Å². The van der Waals surface area contributed by atoms with Crippen molar-refractivity contribution in [1.82, 2.24) is 10.6 Å². The first-order valence-corrected chi connectivity index (χ1v) is 8.14. The van der Waals surface area contributed by atoms with E-state index in [-0.39, 0.29) is 5.91 Å². The summed E-state index contributed by atoms with van der Waals surface area (Å²) < 4.78 is 0. The molecule has 1 amide bonds. The number of carbonyl (C=O) groups is 1. The summed E-state index contributed by atoms with van der Waals surface area (Å²) in [7, 11) is 1.66. The number of nitrogen functional groups attached to an aromatic ring is 1. The highest BCUT2D eigenvalue weighted by Crippen LogP contribution is 2.52. The molecule has 0 unspecified atom stereocenters. The van der Waals surface area contributed by atoms with Crippen molar-refractivity contribution in [1.29, 1.82) is 0 Å². The molecule has 0 atom stereocenters. The highest BCUT2D eigenvalue weighted by atomic mass is 32.1. The predicted octanol–water partition coefficient (Wildman–Crippen LogP) is 1.37. The lowest BCUT2D eigenvalue weighted by atomic mass is 10.1. The number of rotatable bonds is 3. The van der Waals surface area contributed by atoms with Crippen LogP contribution in [-0.4, -0.2) is 39.1 Å². The lowest BCUT2D eigenvalue weighted by Crippen LogP contribution is -2.27. The second-order valence-electron chi connectivity index (χ2n) is 5.51. The first-order valence-electron chi connectivity index (χ1n) is 7.32. The van der Waals surface area contributed by atoms with Gasteiger partial charge in [-0.3, -0.25) is 4.79 Å². The van der Waals surface area contributed by atoms with Crippen molar-refractivity contribution in [3.63, 3.8) is 0 Å². The van der Waals surface area contributed by atoms with Crippen LogP contribution in [0.2, 0.25) is 0 Å². The van der Waals surface area contributed by atoms with Crippen molar-refractivity contribution < 1.29 is 4.79 Å². The number of carbonyl (C=O) groups excluding carboxylic acids is 1. The molecule has 2 fully saturated rings. The Balaban J connectivity index is 1.97. The van der Waals surface area contributed by atoms with Gasteiger partial charge in [0, 0.05) is 32.2 Å². The summed E-state index contributed by atoms with van der Waals surface area (Å²) in [5, 5.41) is 7.35. The van der Waals surface area contributed by atoms with Crippen molar-refractivity contribution in [2.24, 2.45) is 0 Å².